The molecule has 1 aromatic rings. The molecule has 3 N–H and O–H groups in total. The molecule has 0 radical (unpaired) electrons. The van der Waals surface area contributed by atoms with E-state index in [9.17, 15) is 4.79 Å². The highest BCUT2D eigenvalue weighted by Crippen LogP contribution is 2.10. The standard InChI is InChI=1S/C12H18N2O2/c1-3-16-8-9(2)14-12(15)10-6-4-5-7-11(10)13/h4-7,9H,3,8,13H2,1-2H3,(H,14,15). The minimum atomic E-state index is -0.162. The number of nitrogens with two attached hydrogens (primary N) is 1. The monoisotopic (exact) mass is 222 g/mol. The third kappa shape index (κ3) is 3.55. The normalized spacial score (nSPS) is 12.1. The number of nitrogens with one attached hydrogen (secondary N) is 1. The predicted molar refractivity (Wildman–Crippen MR) is 64.3 cm³/mol. The minimum Gasteiger partial charge on any atom is -0.398 e. The maximum absolute atomic E-state index is 11.8. The summed E-state index contributed by atoms with van der Waals surface area (Å²) in [5.74, 6) is -0.162. The van der Waals surface area contributed by atoms with Crippen molar-refractivity contribution in [2.24, 2.45) is 0 Å². The number of rotatable bonds is 5. The molecule has 88 valence electrons. The molecule has 0 aromatic heterocycles. The highest BCUT2D eigenvalue weighted by Gasteiger charge is 2.11. The second kappa shape index (κ2) is 6.12. The Morgan fingerprint density at radius 3 is 2.81 bits per heavy atom. The highest BCUT2D eigenvalue weighted by molar-refractivity contribution is 5.99. The fourth-order valence-electron chi connectivity index (χ4n) is 1.34. The van der Waals surface area contributed by atoms with E-state index in [-0.39, 0.29) is 11.9 Å². The van der Waals surface area contributed by atoms with Crippen LogP contribution in [0.5, 0.6) is 0 Å². The Hall–Kier alpha value is -1.55. The SMILES string of the molecule is CCOCC(C)NC(=O)c1ccccc1N. The lowest BCUT2D eigenvalue weighted by Crippen LogP contribution is -2.36. The molecule has 1 rings (SSSR count). The number of carbonyl (C=O) groups excluding carboxylic acids is 1. The first-order chi connectivity index (χ1) is 7.65. The van der Waals surface area contributed by atoms with Crippen LogP contribution in [-0.4, -0.2) is 25.2 Å². The molecule has 4 nitrogen and oxygen atoms in total. The summed E-state index contributed by atoms with van der Waals surface area (Å²) in [7, 11) is 0. The van der Waals surface area contributed by atoms with Gasteiger partial charge in [0.2, 0.25) is 0 Å². The second-order valence-corrected chi connectivity index (χ2v) is 3.62. The largest absolute Gasteiger partial charge is 0.398 e. The average Bonchev–Trinajstić information content (AvgIpc) is 2.26. The lowest BCUT2D eigenvalue weighted by molar-refractivity contribution is 0.0873. The van der Waals surface area contributed by atoms with Gasteiger partial charge in [-0.3, -0.25) is 4.79 Å². The van der Waals surface area contributed by atoms with Crippen molar-refractivity contribution in [3.8, 4) is 0 Å². The van der Waals surface area contributed by atoms with Crippen LogP contribution in [0.4, 0.5) is 5.69 Å². The zero-order valence-electron chi connectivity index (χ0n) is 9.69. The van der Waals surface area contributed by atoms with Crippen molar-refractivity contribution in [1.29, 1.82) is 0 Å². The number of benzene rings is 1. The molecular formula is C12H18N2O2. The van der Waals surface area contributed by atoms with Gasteiger partial charge in [0.1, 0.15) is 0 Å². The zero-order chi connectivity index (χ0) is 12.0. The van der Waals surface area contributed by atoms with Crippen LogP contribution < -0.4 is 11.1 Å². The molecule has 0 spiro atoms. The summed E-state index contributed by atoms with van der Waals surface area (Å²) in [4.78, 5) is 11.8. The number of amides is 1. The Bertz CT molecular complexity index is 353. The van der Waals surface area contributed by atoms with Crippen LogP contribution in [0, 0.1) is 0 Å². The van der Waals surface area contributed by atoms with Crippen molar-refractivity contribution < 1.29 is 9.53 Å². The van der Waals surface area contributed by atoms with Gasteiger partial charge in [0.25, 0.3) is 5.91 Å². The van der Waals surface area contributed by atoms with Crippen molar-refractivity contribution in [2.45, 2.75) is 19.9 Å². The summed E-state index contributed by atoms with van der Waals surface area (Å²) in [6.45, 7) is 4.97. The van der Waals surface area contributed by atoms with Crippen molar-refractivity contribution in [3.63, 3.8) is 0 Å². The molecule has 4 heteroatoms. The first kappa shape index (κ1) is 12.5. The Kier molecular flexibility index (Phi) is 4.79. The Balaban J connectivity index is 2.56. The van der Waals surface area contributed by atoms with Crippen LogP contribution in [0.2, 0.25) is 0 Å². The number of hydrogen-bond acceptors (Lipinski definition) is 3. The van der Waals surface area contributed by atoms with Gasteiger partial charge in [-0.05, 0) is 26.0 Å². The van der Waals surface area contributed by atoms with Crippen LogP contribution in [0.3, 0.4) is 0 Å². The van der Waals surface area contributed by atoms with E-state index in [4.69, 9.17) is 10.5 Å². The summed E-state index contributed by atoms with van der Waals surface area (Å²) in [6, 6.07) is 6.99. The molecule has 0 saturated heterocycles. The molecule has 0 aliphatic rings. The Morgan fingerprint density at radius 1 is 1.50 bits per heavy atom. The molecule has 16 heavy (non-hydrogen) atoms. The van der Waals surface area contributed by atoms with E-state index >= 15 is 0 Å². The lowest BCUT2D eigenvalue weighted by atomic mass is 10.1. The van der Waals surface area contributed by atoms with E-state index in [0.717, 1.165) is 0 Å². The summed E-state index contributed by atoms with van der Waals surface area (Å²) in [5, 5.41) is 2.83. The summed E-state index contributed by atoms with van der Waals surface area (Å²) in [6.07, 6.45) is 0. The smallest absolute Gasteiger partial charge is 0.253 e. The average molecular weight is 222 g/mol. The molecule has 1 amide bonds. The molecule has 1 atom stereocenters. The van der Waals surface area contributed by atoms with Crippen molar-refractivity contribution in [3.05, 3.63) is 29.8 Å². The van der Waals surface area contributed by atoms with Crippen LogP contribution in [0.15, 0.2) is 24.3 Å². The molecule has 0 fully saturated rings. The topological polar surface area (TPSA) is 64.3 Å². The number of para-hydroxylation sites is 1. The molecule has 1 unspecified atom stereocenters. The van der Waals surface area contributed by atoms with E-state index < -0.39 is 0 Å². The van der Waals surface area contributed by atoms with Gasteiger partial charge in [-0.1, -0.05) is 12.1 Å². The van der Waals surface area contributed by atoms with E-state index in [1.54, 1.807) is 24.3 Å². The van der Waals surface area contributed by atoms with Crippen molar-refractivity contribution >= 4 is 11.6 Å². The third-order valence-electron chi connectivity index (χ3n) is 2.15. The van der Waals surface area contributed by atoms with Gasteiger partial charge < -0.3 is 15.8 Å². The summed E-state index contributed by atoms with van der Waals surface area (Å²) >= 11 is 0. The van der Waals surface area contributed by atoms with Gasteiger partial charge in [0.15, 0.2) is 0 Å². The molecule has 0 bridgehead atoms. The van der Waals surface area contributed by atoms with Crippen molar-refractivity contribution in [1.82, 2.24) is 5.32 Å². The van der Waals surface area contributed by atoms with Gasteiger partial charge in [-0.15, -0.1) is 0 Å². The number of anilines is 1. The maximum Gasteiger partial charge on any atom is 0.253 e. The zero-order valence-corrected chi connectivity index (χ0v) is 9.69. The molecule has 1 aromatic carbocycles. The van der Waals surface area contributed by atoms with E-state index in [1.807, 2.05) is 13.8 Å². The number of carbonyl (C=O) groups is 1. The summed E-state index contributed by atoms with van der Waals surface area (Å²) in [5.41, 5.74) is 6.70. The minimum absolute atomic E-state index is 0.0212. The van der Waals surface area contributed by atoms with Gasteiger partial charge in [-0.2, -0.15) is 0 Å². The molecule has 0 saturated carbocycles. The van der Waals surface area contributed by atoms with Crippen molar-refractivity contribution in [2.75, 3.05) is 18.9 Å². The lowest BCUT2D eigenvalue weighted by Gasteiger charge is -2.14. The first-order valence-electron chi connectivity index (χ1n) is 5.38. The maximum atomic E-state index is 11.8. The second-order valence-electron chi connectivity index (χ2n) is 3.62. The number of ether oxygens (including phenoxy) is 1. The van der Waals surface area contributed by atoms with Crippen LogP contribution >= 0.6 is 0 Å². The fraction of sp³-hybridized carbons (Fsp3) is 0.417. The van der Waals surface area contributed by atoms with Gasteiger partial charge in [0, 0.05) is 18.3 Å². The first-order valence-corrected chi connectivity index (χ1v) is 5.38. The number of hydrogen-bond donors (Lipinski definition) is 2. The van der Waals surface area contributed by atoms with Crippen LogP contribution in [0.25, 0.3) is 0 Å². The van der Waals surface area contributed by atoms with Crippen LogP contribution in [0.1, 0.15) is 24.2 Å². The Morgan fingerprint density at radius 2 is 2.19 bits per heavy atom. The van der Waals surface area contributed by atoms with Gasteiger partial charge in [0.05, 0.1) is 12.2 Å². The molecule has 0 heterocycles. The summed E-state index contributed by atoms with van der Waals surface area (Å²) < 4.78 is 5.22. The van der Waals surface area contributed by atoms with Crippen LogP contribution in [-0.2, 0) is 4.74 Å². The number of nitrogen functional groups attached to an aromatic ring is 1. The van der Waals surface area contributed by atoms with Gasteiger partial charge >= 0.3 is 0 Å². The molecule has 0 aliphatic heterocycles. The van der Waals surface area contributed by atoms with Gasteiger partial charge in [-0.25, -0.2) is 0 Å². The fourth-order valence-corrected chi connectivity index (χ4v) is 1.34. The highest BCUT2D eigenvalue weighted by atomic mass is 16.5. The quantitative estimate of drug-likeness (QED) is 0.741. The predicted octanol–water partition coefficient (Wildman–Crippen LogP) is 1.42. The third-order valence-corrected chi connectivity index (χ3v) is 2.15. The van der Waals surface area contributed by atoms with E-state index in [0.29, 0.717) is 24.5 Å². The Labute approximate surface area is 95.8 Å². The van der Waals surface area contributed by atoms with E-state index in [1.165, 1.54) is 0 Å². The molecule has 0 aliphatic carbocycles. The van der Waals surface area contributed by atoms with E-state index in [2.05, 4.69) is 5.32 Å². The molecular weight excluding hydrogens is 204 g/mol.